The van der Waals surface area contributed by atoms with Crippen LogP contribution in [0.4, 0.5) is 23.7 Å². The van der Waals surface area contributed by atoms with E-state index in [0.717, 1.165) is 33.3 Å². The van der Waals surface area contributed by atoms with Crippen LogP contribution in [-0.2, 0) is 6.54 Å². The van der Waals surface area contributed by atoms with Crippen molar-refractivity contribution < 1.29 is 22.7 Å². The standard InChI is InChI=1S/C19H16F3N3O2S/c1-12-16(28-17(24-12)13-5-3-2-4-6-13)11-23-18(26)25-14-7-9-15(10-8-14)27-19(20,21)22/h2-10H,11H2,1H3,(H2,23,25,26). The second-order valence-electron chi connectivity index (χ2n) is 5.77. The van der Waals surface area contributed by atoms with Crippen molar-refractivity contribution in [2.75, 3.05) is 5.32 Å². The summed E-state index contributed by atoms with van der Waals surface area (Å²) >= 11 is 1.49. The number of benzene rings is 2. The number of anilines is 1. The zero-order valence-corrected chi connectivity index (χ0v) is 15.5. The fraction of sp³-hybridized carbons (Fsp3) is 0.158. The summed E-state index contributed by atoms with van der Waals surface area (Å²) in [7, 11) is 0. The van der Waals surface area contributed by atoms with Crippen molar-refractivity contribution in [1.82, 2.24) is 10.3 Å². The molecular formula is C19H16F3N3O2S. The molecule has 0 spiro atoms. The molecule has 3 aromatic rings. The Labute approximate surface area is 163 Å². The van der Waals surface area contributed by atoms with Crippen LogP contribution < -0.4 is 15.4 Å². The first-order chi connectivity index (χ1) is 13.3. The minimum absolute atomic E-state index is 0.289. The van der Waals surface area contributed by atoms with Gasteiger partial charge in [-0.1, -0.05) is 30.3 Å². The van der Waals surface area contributed by atoms with E-state index < -0.39 is 12.4 Å². The number of aromatic nitrogens is 1. The summed E-state index contributed by atoms with van der Waals surface area (Å²) in [6, 6.07) is 14.2. The monoisotopic (exact) mass is 407 g/mol. The molecule has 0 unspecified atom stereocenters. The Hall–Kier alpha value is -3.07. The Morgan fingerprint density at radius 3 is 2.43 bits per heavy atom. The molecule has 2 amide bonds. The highest BCUT2D eigenvalue weighted by molar-refractivity contribution is 7.15. The number of carbonyl (C=O) groups is 1. The molecule has 0 atom stereocenters. The first-order valence-electron chi connectivity index (χ1n) is 8.22. The number of ether oxygens (including phenoxy) is 1. The third kappa shape index (κ3) is 5.46. The summed E-state index contributed by atoms with van der Waals surface area (Å²) in [5, 5.41) is 6.14. The molecule has 0 bridgehead atoms. The number of hydrogen-bond acceptors (Lipinski definition) is 4. The summed E-state index contributed by atoms with van der Waals surface area (Å²) in [5.74, 6) is -0.354. The Morgan fingerprint density at radius 2 is 1.79 bits per heavy atom. The molecule has 146 valence electrons. The van der Waals surface area contributed by atoms with Gasteiger partial charge in [0.1, 0.15) is 10.8 Å². The van der Waals surface area contributed by atoms with E-state index in [1.807, 2.05) is 37.3 Å². The third-order valence-corrected chi connectivity index (χ3v) is 4.88. The van der Waals surface area contributed by atoms with Gasteiger partial charge in [0.25, 0.3) is 0 Å². The van der Waals surface area contributed by atoms with E-state index in [1.54, 1.807) is 0 Å². The van der Waals surface area contributed by atoms with E-state index >= 15 is 0 Å². The maximum absolute atomic E-state index is 12.2. The molecule has 2 aromatic carbocycles. The summed E-state index contributed by atoms with van der Waals surface area (Å²) in [4.78, 5) is 17.5. The van der Waals surface area contributed by atoms with E-state index in [2.05, 4.69) is 20.4 Å². The molecule has 1 heterocycles. The predicted octanol–water partition coefficient (Wildman–Crippen LogP) is 5.34. The minimum Gasteiger partial charge on any atom is -0.406 e. The van der Waals surface area contributed by atoms with Crippen LogP contribution in [0, 0.1) is 6.92 Å². The number of nitrogens with one attached hydrogen (secondary N) is 2. The Kier molecular flexibility index (Phi) is 5.84. The highest BCUT2D eigenvalue weighted by Gasteiger charge is 2.30. The number of nitrogens with zero attached hydrogens (tertiary/aromatic N) is 1. The van der Waals surface area contributed by atoms with Crippen LogP contribution in [0.2, 0.25) is 0 Å². The Morgan fingerprint density at radius 1 is 1.11 bits per heavy atom. The number of urea groups is 1. The Balaban J connectivity index is 1.55. The normalized spacial score (nSPS) is 11.1. The molecule has 0 radical (unpaired) electrons. The van der Waals surface area contributed by atoms with E-state index in [9.17, 15) is 18.0 Å². The second-order valence-corrected chi connectivity index (χ2v) is 6.86. The molecule has 0 saturated carbocycles. The van der Waals surface area contributed by atoms with Gasteiger partial charge in [-0.25, -0.2) is 9.78 Å². The molecular weight excluding hydrogens is 391 g/mol. The number of thiazole rings is 1. The van der Waals surface area contributed by atoms with Crippen molar-refractivity contribution in [3.8, 4) is 16.3 Å². The van der Waals surface area contributed by atoms with Crippen LogP contribution in [0.3, 0.4) is 0 Å². The molecule has 28 heavy (non-hydrogen) atoms. The molecule has 1 aromatic heterocycles. The van der Waals surface area contributed by atoms with Crippen LogP contribution in [0.25, 0.3) is 10.6 Å². The van der Waals surface area contributed by atoms with E-state index in [-0.39, 0.29) is 12.3 Å². The minimum atomic E-state index is -4.75. The highest BCUT2D eigenvalue weighted by Crippen LogP contribution is 2.27. The van der Waals surface area contributed by atoms with Crippen LogP contribution in [-0.4, -0.2) is 17.4 Å². The van der Waals surface area contributed by atoms with Crippen molar-refractivity contribution in [1.29, 1.82) is 0 Å². The summed E-state index contributed by atoms with van der Waals surface area (Å²) in [6.45, 7) is 2.16. The van der Waals surface area contributed by atoms with Crippen molar-refractivity contribution in [2.24, 2.45) is 0 Å². The smallest absolute Gasteiger partial charge is 0.406 e. The highest BCUT2D eigenvalue weighted by atomic mass is 32.1. The van der Waals surface area contributed by atoms with Gasteiger partial charge in [0, 0.05) is 16.1 Å². The first kappa shape index (κ1) is 19.7. The average Bonchev–Trinajstić information content (AvgIpc) is 3.02. The number of halogens is 3. The topological polar surface area (TPSA) is 63.2 Å². The zero-order valence-electron chi connectivity index (χ0n) is 14.7. The van der Waals surface area contributed by atoms with Gasteiger partial charge in [-0.05, 0) is 31.2 Å². The molecule has 3 rings (SSSR count). The van der Waals surface area contributed by atoms with Gasteiger partial charge in [-0.2, -0.15) is 0 Å². The van der Waals surface area contributed by atoms with Crippen LogP contribution in [0.15, 0.2) is 54.6 Å². The maximum Gasteiger partial charge on any atom is 0.573 e. The van der Waals surface area contributed by atoms with Crippen molar-refractivity contribution in [3.05, 3.63) is 65.2 Å². The van der Waals surface area contributed by atoms with Crippen LogP contribution in [0.5, 0.6) is 5.75 Å². The van der Waals surface area contributed by atoms with Crippen LogP contribution >= 0.6 is 11.3 Å². The van der Waals surface area contributed by atoms with Gasteiger partial charge in [0.15, 0.2) is 0 Å². The molecule has 2 N–H and O–H groups in total. The van der Waals surface area contributed by atoms with Crippen LogP contribution in [0.1, 0.15) is 10.6 Å². The quantitative estimate of drug-likeness (QED) is 0.600. The number of aryl methyl sites for hydroxylation is 1. The lowest BCUT2D eigenvalue weighted by Crippen LogP contribution is -2.28. The average molecular weight is 407 g/mol. The predicted molar refractivity (Wildman–Crippen MR) is 101 cm³/mol. The molecule has 0 aliphatic heterocycles. The van der Waals surface area contributed by atoms with E-state index in [0.29, 0.717) is 5.69 Å². The number of alkyl halides is 3. The van der Waals surface area contributed by atoms with Gasteiger partial charge in [0.05, 0.1) is 12.2 Å². The molecule has 9 heteroatoms. The van der Waals surface area contributed by atoms with Gasteiger partial charge < -0.3 is 15.4 Å². The molecule has 0 fully saturated rings. The number of carbonyl (C=O) groups excluding carboxylic acids is 1. The largest absolute Gasteiger partial charge is 0.573 e. The second kappa shape index (κ2) is 8.30. The first-order valence-corrected chi connectivity index (χ1v) is 9.04. The summed E-state index contributed by atoms with van der Waals surface area (Å²) in [5.41, 5.74) is 2.18. The molecule has 0 saturated heterocycles. The SMILES string of the molecule is Cc1nc(-c2ccccc2)sc1CNC(=O)Nc1ccc(OC(F)(F)F)cc1. The van der Waals surface area contributed by atoms with Gasteiger partial charge >= 0.3 is 12.4 Å². The van der Waals surface area contributed by atoms with Gasteiger partial charge in [-0.15, -0.1) is 24.5 Å². The molecule has 5 nitrogen and oxygen atoms in total. The lowest BCUT2D eigenvalue weighted by molar-refractivity contribution is -0.274. The fourth-order valence-corrected chi connectivity index (χ4v) is 3.38. The Bertz CT molecular complexity index is 941. The molecule has 0 aliphatic rings. The lowest BCUT2D eigenvalue weighted by Gasteiger charge is -2.10. The fourth-order valence-electron chi connectivity index (χ4n) is 2.37. The zero-order chi connectivity index (χ0) is 20.1. The van der Waals surface area contributed by atoms with Crippen molar-refractivity contribution >= 4 is 23.1 Å². The van der Waals surface area contributed by atoms with E-state index in [1.165, 1.54) is 23.5 Å². The summed E-state index contributed by atoms with van der Waals surface area (Å²) in [6.07, 6.45) is -4.75. The number of rotatable bonds is 5. The van der Waals surface area contributed by atoms with Crippen molar-refractivity contribution in [3.63, 3.8) is 0 Å². The van der Waals surface area contributed by atoms with Gasteiger partial charge in [0.2, 0.25) is 0 Å². The number of hydrogen-bond donors (Lipinski definition) is 2. The third-order valence-electron chi connectivity index (χ3n) is 3.67. The van der Waals surface area contributed by atoms with E-state index in [4.69, 9.17) is 0 Å². The molecule has 0 aliphatic carbocycles. The number of amides is 2. The lowest BCUT2D eigenvalue weighted by atomic mass is 10.2. The summed E-state index contributed by atoms with van der Waals surface area (Å²) < 4.78 is 40.2. The van der Waals surface area contributed by atoms with Crippen molar-refractivity contribution in [2.45, 2.75) is 19.8 Å². The van der Waals surface area contributed by atoms with Gasteiger partial charge in [-0.3, -0.25) is 0 Å². The maximum atomic E-state index is 12.2.